The summed E-state index contributed by atoms with van der Waals surface area (Å²) in [5.41, 5.74) is 0.946. The Labute approximate surface area is 168 Å². The Morgan fingerprint density at radius 3 is 2.71 bits per heavy atom. The number of rotatable bonds is 4. The quantitative estimate of drug-likeness (QED) is 0.784. The highest BCUT2D eigenvalue weighted by atomic mass is 19.1. The highest BCUT2D eigenvalue weighted by molar-refractivity contribution is 5.78. The van der Waals surface area contributed by atoms with Crippen LogP contribution in [0.2, 0.25) is 0 Å². The number of halogens is 1. The summed E-state index contributed by atoms with van der Waals surface area (Å²) in [5.74, 6) is 0.543. The second kappa shape index (κ2) is 7.66. The fourth-order valence-corrected chi connectivity index (χ4v) is 5.93. The maximum Gasteiger partial charge on any atom is 0.236 e. The summed E-state index contributed by atoms with van der Waals surface area (Å²) >= 11 is 0. The Kier molecular flexibility index (Phi) is 5.38. The number of anilines is 1. The van der Waals surface area contributed by atoms with Crippen LogP contribution in [-0.2, 0) is 4.79 Å². The van der Waals surface area contributed by atoms with Gasteiger partial charge in [0.15, 0.2) is 0 Å². The molecule has 3 aliphatic rings. The summed E-state index contributed by atoms with van der Waals surface area (Å²) in [6.07, 6.45) is 7.04. The molecular formula is C23H34FN3O. The van der Waals surface area contributed by atoms with Crippen molar-refractivity contribution in [1.29, 1.82) is 0 Å². The first-order valence-corrected chi connectivity index (χ1v) is 10.9. The van der Waals surface area contributed by atoms with Crippen molar-refractivity contribution in [3.05, 3.63) is 30.1 Å². The molecule has 4 rings (SSSR count). The van der Waals surface area contributed by atoms with Gasteiger partial charge >= 0.3 is 0 Å². The third-order valence-corrected chi connectivity index (χ3v) is 7.21. The molecule has 154 valence electrons. The maximum absolute atomic E-state index is 13.8. The number of carbonyl (C=O) groups is 1. The zero-order chi connectivity index (χ0) is 19.9. The summed E-state index contributed by atoms with van der Waals surface area (Å²) in [7, 11) is 2.10. The van der Waals surface area contributed by atoms with Gasteiger partial charge in [-0.2, -0.15) is 0 Å². The predicted octanol–water partition coefficient (Wildman–Crippen LogP) is 3.91. The lowest BCUT2D eigenvalue weighted by atomic mass is 9.89. The van der Waals surface area contributed by atoms with E-state index in [1.165, 1.54) is 31.7 Å². The third kappa shape index (κ3) is 3.78. The Morgan fingerprint density at radius 2 is 2.00 bits per heavy atom. The van der Waals surface area contributed by atoms with Gasteiger partial charge in [-0.15, -0.1) is 0 Å². The molecule has 4 nitrogen and oxygen atoms in total. The summed E-state index contributed by atoms with van der Waals surface area (Å²) in [6, 6.07) is 7.93. The van der Waals surface area contributed by atoms with E-state index in [4.69, 9.17) is 0 Å². The molecule has 0 unspecified atom stereocenters. The van der Waals surface area contributed by atoms with E-state index in [-0.39, 0.29) is 17.3 Å². The van der Waals surface area contributed by atoms with Gasteiger partial charge < -0.3 is 9.80 Å². The number of hydrogen-bond acceptors (Lipinski definition) is 3. The van der Waals surface area contributed by atoms with Crippen molar-refractivity contribution in [2.75, 3.05) is 31.6 Å². The number of nitrogens with zero attached hydrogens (tertiary/aromatic N) is 3. The van der Waals surface area contributed by atoms with E-state index < -0.39 is 0 Å². The van der Waals surface area contributed by atoms with E-state index in [1.54, 1.807) is 12.1 Å². The average Bonchev–Trinajstić information content (AvgIpc) is 3.25. The largest absolute Gasteiger partial charge is 0.363 e. The third-order valence-electron chi connectivity index (χ3n) is 7.21. The van der Waals surface area contributed by atoms with Gasteiger partial charge in [-0.25, -0.2) is 4.39 Å². The van der Waals surface area contributed by atoms with Crippen LogP contribution in [0.1, 0.15) is 52.4 Å². The number of fused-ring (bicyclic) bond motifs is 1. The second-order valence-electron chi connectivity index (χ2n) is 9.68. The van der Waals surface area contributed by atoms with Crippen LogP contribution in [0, 0.1) is 11.7 Å². The number of hydrogen-bond donors (Lipinski definition) is 0. The number of amides is 1. The highest BCUT2D eigenvalue weighted by Gasteiger charge is 2.48. The Morgan fingerprint density at radius 1 is 1.25 bits per heavy atom. The second-order valence-corrected chi connectivity index (χ2v) is 9.68. The van der Waals surface area contributed by atoms with Crippen LogP contribution in [0.4, 0.5) is 10.1 Å². The molecule has 5 heteroatoms. The van der Waals surface area contributed by atoms with Crippen molar-refractivity contribution in [2.45, 2.75) is 70.0 Å². The molecule has 1 aromatic carbocycles. The minimum absolute atomic E-state index is 0.0250. The standard InChI is InChI=1S/C23H34FN3O/c1-23(2)14-17-15-26(22(28)16-25(3)19-8-4-5-9-19)12-11-21(17)27(23)20-10-6-7-18(24)13-20/h6-7,10,13,17,19,21H,4-5,8-9,11-12,14-16H2,1-3H3/t17-,21+/m1/s1. The molecule has 1 saturated carbocycles. The molecule has 0 radical (unpaired) electrons. The normalized spacial score (nSPS) is 27.5. The van der Waals surface area contributed by atoms with Crippen molar-refractivity contribution in [3.8, 4) is 0 Å². The highest BCUT2D eigenvalue weighted by Crippen LogP contribution is 2.44. The van der Waals surface area contributed by atoms with Gasteiger partial charge in [-0.3, -0.25) is 9.69 Å². The molecule has 0 spiro atoms. The number of likely N-dealkylation sites (N-methyl/N-ethyl adjacent to an activating group) is 1. The van der Waals surface area contributed by atoms with Gasteiger partial charge in [-0.05, 0) is 70.7 Å². The number of piperidine rings is 1. The molecule has 2 aliphatic heterocycles. The first-order chi connectivity index (χ1) is 13.3. The minimum atomic E-state index is -0.181. The topological polar surface area (TPSA) is 26.8 Å². The van der Waals surface area contributed by atoms with E-state index in [2.05, 4.69) is 35.6 Å². The fourth-order valence-electron chi connectivity index (χ4n) is 5.93. The van der Waals surface area contributed by atoms with E-state index in [1.807, 2.05) is 6.07 Å². The van der Waals surface area contributed by atoms with E-state index in [0.717, 1.165) is 31.6 Å². The van der Waals surface area contributed by atoms with E-state index >= 15 is 0 Å². The first-order valence-electron chi connectivity index (χ1n) is 10.9. The molecule has 0 N–H and O–H groups in total. The van der Waals surface area contributed by atoms with Gasteiger partial charge in [0.1, 0.15) is 5.82 Å². The number of carbonyl (C=O) groups excluding carboxylic acids is 1. The molecule has 2 saturated heterocycles. The van der Waals surface area contributed by atoms with Crippen molar-refractivity contribution in [3.63, 3.8) is 0 Å². The molecule has 0 bridgehead atoms. The molecular weight excluding hydrogens is 353 g/mol. The lowest BCUT2D eigenvalue weighted by molar-refractivity contribution is -0.134. The Hall–Kier alpha value is -1.62. The van der Waals surface area contributed by atoms with Crippen LogP contribution in [0.3, 0.4) is 0 Å². The summed E-state index contributed by atoms with van der Waals surface area (Å²) in [4.78, 5) is 19.7. The Balaban J connectivity index is 1.42. The number of likely N-dealkylation sites (tertiary alicyclic amines) is 1. The minimum Gasteiger partial charge on any atom is -0.363 e. The van der Waals surface area contributed by atoms with Crippen molar-refractivity contribution in [1.82, 2.24) is 9.80 Å². The van der Waals surface area contributed by atoms with Crippen molar-refractivity contribution in [2.24, 2.45) is 5.92 Å². The SMILES string of the molecule is CN(CC(=O)N1CC[C@H]2[C@@H](C1)CC(C)(C)N2c1cccc(F)c1)C1CCCC1. The van der Waals surface area contributed by atoms with Gasteiger partial charge in [-0.1, -0.05) is 18.9 Å². The molecule has 1 amide bonds. The summed E-state index contributed by atoms with van der Waals surface area (Å²) in [5, 5.41) is 0. The lowest BCUT2D eigenvalue weighted by Crippen LogP contribution is -2.52. The molecule has 3 fully saturated rings. The summed E-state index contributed by atoms with van der Waals surface area (Å²) in [6.45, 7) is 6.67. The molecule has 0 aromatic heterocycles. The zero-order valence-electron chi connectivity index (χ0n) is 17.5. The fraction of sp³-hybridized carbons (Fsp3) is 0.696. The number of benzene rings is 1. The lowest BCUT2D eigenvalue weighted by Gasteiger charge is -2.42. The van der Waals surface area contributed by atoms with Gasteiger partial charge in [0.25, 0.3) is 0 Å². The smallest absolute Gasteiger partial charge is 0.236 e. The van der Waals surface area contributed by atoms with E-state index in [0.29, 0.717) is 24.5 Å². The van der Waals surface area contributed by atoms with Crippen molar-refractivity contribution < 1.29 is 9.18 Å². The average molecular weight is 388 g/mol. The molecule has 28 heavy (non-hydrogen) atoms. The van der Waals surface area contributed by atoms with Gasteiger partial charge in [0, 0.05) is 36.4 Å². The van der Waals surface area contributed by atoms with Crippen LogP contribution < -0.4 is 4.90 Å². The van der Waals surface area contributed by atoms with Gasteiger partial charge in [0.2, 0.25) is 5.91 Å². The monoisotopic (exact) mass is 387 g/mol. The van der Waals surface area contributed by atoms with Crippen LogP contribution in [0.15, 0.2) is 24.3 Å². The molecule has 2 atom stereocenters. The van der Waals surface area contributed by atoms with Crippen LogP contribution >= 0.6 is 0 Å². The predicted molar refractivity (Wildman–Crippen MR) is 111 cm³/mol. The maximum atomic E-state index is 13.8. The summed E-state index contributed by atoms with van der Waals surface area (Å²) < 4.78 is 13.8. The molecule has 1 aliphatic carbocycles. The van der Waals surface area contributed by atoms with Gasteiger partial charge in [0.05, 0.1) is 6.54 Å². The zero-order valence-corrected chi connectivity index (χ0v) is 17.5. The van der Waals surface area contributed by atoms with E-state index in [9.17, 15) is 9.18 Å². The molecule has 2 heterocycles. The molecule has 1 aromatic rings. The van der Waals surface area contributed by atoms with Crippen LogP contribution in [0.25, 0.3) is 0 Å². The van der Waals surface area contributed by atoms with Crippen molar-refractivity contribution >= 4 is 11.6 Å². The van der Waals surface area contributed by atoms with Crippen LogP contribution in [0.5, 0.6) is 0 Å². The van der Waals surface area contributed by atoms with Crippen LogP contribution in [-0.4, -0.2) is 60.0 Å². The first kappa shape index (κ1) is 19.7. The Bertz CT molecular complexity index is 716.